The van der Waals surface area contributed by atoms with Gasteiger partial charge in [0.15, 0.2) is 0 Å². The van der Waals surface area contributed by atoms with Crippen molar-refractivity contribution in [3.63, 3.8) is 0 Å². The third-order valence-corrected chi connectivity index (χ3v) is 3.27. The van der Waals surface area contributed by atoms with Gasteiger partial charge in [0.1, 0.15) is 12.4 Å². The second kappa shape index (κ2) is 8.67. The maximum absolute atomic E-state index is 6.23. The van der Waals surface area contributed by atoms with Crippen molar-refractivity contribution in [2.24, 2.45) is 0 Å². The van der Waals surface area contributed by atoms with Gasteiger partial charge in [-0.25, -0.2) is 4.98 Å². The monoisotopic (exact) mass is 309 g/mol. The second-order valence-corrected chi connectivity index (χ2v) is 4.99. The van der Waals surface area contributed by atoms with E-state index in [1.54, 1.807) is 19.6 Å². The number of hydrogen-bond donors (Lipinski definition) is 1. The van der Waals surface area contributed by atoms with Crippen molar-refractivity contribution in [1.82, 2.24) is 14.9 Å². The van der Waals surface area contributed by atoms with E-state index >= 15 is 0 Å². The molecule has 0 fully saturated rings. The highest BCUT2D eigenvalue weighted by molar-refractivity contribution is 6.32. The molecule has 1 aromatic heterocycles. The quantitative estimate of drug-likeness (QED) is 0.722. The Balaban J connectivity index is 1.78. The van der Waals surface area contributed by atoms with Crippen LogP contribution in [0.25, 0.3) is 0 Å². The van der Waals surface area contributed by atoms with Gasteiger partial charge in [0.05, 0.1) is 24.5 Å². The van der Waals surface area contributed by atoms with Gasteiger partial charge in [-0.3, -0.25) is 0 Å². The summed E-state index contributed by atoms with van der Waals surface area (Å²) in [4.78, 5) is 3.98. The molecule has 0 aliphatic carbocycles. The van der Waals surface area contributed by atoms with Gasteiger partial charge in [0.2, 0.25) is 0 Å². The molecule has 1 N–H and O–H groups in total. The predicted molar refractivity (Wildman–Crippen MR) is 82.8 cm³/mol. The lowest BCUT2D eigenvalue weighted by molar-refractivity contribution is 0.199. The smallest absolute Gasteiger partial charge is 0.137 e. The van der Waals surface area contributed by atoms with Crippen LogP contribution < -0.4 is 10.1 Å². The first-order valence-electron chi connectivity index (χ1n) is 6.86. The molecule has 21 heavy (non-hydrogen) atoms. The van der Waals surface area contributed by atoms with Crippen molar-refractivity contribution >= 4 is 11.6 Å². The first-order chi connectivity index (χ1) is 10.3. The Morgan fingerprint density at radius 2 is 2.24 bits per heavy atom. The zero-order valence-corrected chi connectivity index (χ0v) is 12.8. The molecule has 0 saturated carbocycles. The Kier molecular flexibility index (Phi) is 6.53. The van der Waals surface area contributed by atoms with E-state index in [9.17, 15) is 0 Å². The number of nitrogens with zero attached hydrogens (tertiary/aromatic N) is 2. The van der Waals surface area contributed by atoms with Gasteiger partial charge < -0.3 is 19.4 Å². The van der Waals surface area contributed by atoms with E-state index in [-0.39, 0.29) is 0 Å². The number of aromatic nitrogens is 2. The second-order valence-electron chi connectivity index (χ2n) is 4.58. The maximum atomic E-state index is 6.23. The fraction of sp³-hybridized carbons (Fsp3) is 0.400. The van der Waals surface area contributed by atoms with Gasteiger partial charge in [0.25, 0.3) is 0 Å². The van der Waals surface area contributed by atoms with Gasteiger partial charge in [0, 0.05) is 32.6 Å². The summed E-state index contributed by atoms with van der Waals surface area (Å²) in [6.45, 7) is 3.58. The minimum atomic E-state index is 0.557. The lowest BCUT2D eigenvalue weighted by atomic mass is 10.2. The predicted octanol–water partition coefficient (Wildman–Crippen LogP) is 2.35. The average Bonchev–Trinajstić information content (AvgIpc) is 2.99. The summed E-state index contributed by atoms with van der Waals surface area (Å²) in [5.74, 6) is 0.706. The number of halogens is 1. The molecule has 114 valence electrons. The van der Waals surface area contributed by atoms with Crippen molar-refractivity contribution in [2.75, 3.05) is 26.9 Å². The van der Waals surface area contributed by atoms with Crippen LogP contribution in [-0.2, 0) is 17.8 Å². The third-order valence-electron chi connectivity index (χ3n) is 2.97. The fourth-order valence-corrected chi connectivity index (χ4v) is 2.12. The van der Waals surface area contributed by atoms with Crippen LogP contribution in [0.1, 0.15) is 5.56 Å². The van der Waals surface area contributed by atoms with E-state index in [2.05, 4.69) is 10.3 Å². The lowest BCUT2D eigenvalue weighted by Crippen LogP contribution is -2.18. The number of nitrogens with one attached hydrogen (secondary N) is 1. The Morgan fingerprint density at radius 1 is 1.33 bits per heavy atom. The highest BCUT2D eigenvalue weighted by Gasteiger charge is 2.03. The Labute approximate surface area is 129 Å². The van der Waals surface area contributed by atoms with Crippen molar-refractivity contribution in [2.45, 2.75) is 13.1 Å². The summed E-state index contributed by atoms with van der Waals surface area (Å²) < 4.78 is 12.6. The molecule has 2 aromatic rings. The van der Waals surface area contributed by atoms with E-state index in [0.717, 1.165) is 25.2 Å². The number of hydrogen-bond acceptors (Lipinski definition) is 4. The molecule has 1 aromatic carbocycles. The zero-order valence-electron chi connectivity index (χ0n) is 12.1. The Bertz CT molecular complexity index is 532. The van der Waals surface area contributed by atoms with Crippen molar-refractivity contribution in [3.05, 3.63) is 47.5 Å². The lowest BCUT2D eigenvalue weighted by Gasteiger charge is -2.10. The van der Waals surface area contributed by atoms with E-state index < -0.39 is 0 Å². The SMILES string of the molecule is COCCNCc1ccc(OCCn2ccnc2)c(Cl)c1. The van der Waals surface area contributed by atoms with Crippen LogP contribution in [-0.4, -0.2) is 36.4 Å². The van der Waals surface area contributed by atoms with Crippen molar-refractivity contribution in [1.29, 1.82) is 0 Å². The first-order valence-corrected chi connectivity index (χ1v) is 7.24. The Hall–Kier alpha value is -1.56. The van der Waals surface area contributed by atoms with E-state index in [1.807, 2.05) is 29.0 Å². The molecule has 6 heteroatoms. The number of ether oxygens (including phenoxy) is 2. The van der Waals surface area contributed by atoms with Crippen LogP contribution in [0.2, 0.25) is 5.02 Å². The van der Waals surface area contributed by atoms with Crippen LogP contribution in [0, 0.1) is 0 Å². The van der Waals surface area contributed by atoms with E-state index in [1.165, 1.54) is 0 Å². The molecule has 2 rings (SSSR count). The van der Waals surface area contributed by atoms with Crippen molar-refractivity contribution in [3.8, 4) is 5.75 Å². The molecular formula is C15H20ClN3O2. The molecule has 0 aliphatic rings. The summed E-state index contributed by atoms with van der Waals surface area (Å²) in [5, 5.41) is 3.91. The molecule has 0 saturated heterocycles. The van der Waals surface area contributed by atoms with Crippen molar-refractivity contribution < 1.29 is 9.47 Å². The molecular weight excluding hydrogens is 290 g/mol. The van der Waals surface area contributed by atoms with E-state index in [4.69, 9.17) is 21.1 Å². The highest BCUT2D eigenvalue weighted by Crippen LogP contribution is 2.25. The molecule has 0 bridgehead atoms. The van der Waals surface area contributed by atoms with Gasteiger partial charge in [-0.1, -0.05) is 17.7 Å². The normalized spacial score (nSPS) is 10.8. The van der Waals surface area contributed by atoms with Crippen LogP contribution in [0.15, 0.2) is 36.9 Å². The summed E-state index contributed by atoms with van der Waals surface area (Å²) in [7, 11) is 1.69. The number of benzene rings is 1. The summed E-state index contributed by atoms with van der Waals surface area (Å²) in [6.07, 6.45) is 5.41. The van der Waals surface area contributed by atoms with Crippen LogP contribution in [0.3, 0.4) is 0 Å². The van der Waals surface area contributed by atoms with Crippen LogP contribution in [0.4, 0.5) is 0 Å². The highest BCUT2D eigenvalue weighted by atomic mass is 35.5. The number of imidazole rings is 1. The van der Waals surface area contributed by atoms with Gasteiger partial charge in [-0.05, 0) is 17.7 Å². The molecule has 1 heterocycles. The molecule has 0 atom stereocenters. The molecule has 0 radical (unpaired) electrons. The number of methoxy groups -OCH3 is 1. The van der Waals surface area contributed by atoms with Gasteiger partial charge >= 0.3 is 0 Å². The van der Waals surface area contributed by atoms with Crippen LogP contribution in [0.5, 0.6) is 5.75 Å². The van der Waals surface area contributed by atoms with Gasteiger partial charge in [-0.2, -0.15) is 0 Å². The minimum Gasteiger partial charge on any atom is -0.490 e. The maximum Gasteiger partial charge on any atom is 0.137 e. The zero-order chi connectivity index (χ0) is 14.9. The number of rotatable bonds is 9. The summed E-state index contributed by atoms with van der Waals surface area (Å²) in [6, 6.07) is 5.84. The summed E-state index contributed by atoms with van der Waals surface area (Å²) in [5.41, 5.74) is 1.12. The molecule has 0 spiro atoms. The standard InChI is InChI=1S/C15H20ClN3O2/c1-20-8-5-17-11-13-2-3-15(14(16)10-13)21-9-7-19-6-4-18-12-19/h2-4,6,10,12,17H,5,7-9,11H2,1H3. The van der Waals surface area contributed by atoms with Crippen LogP contribution >= 0.6 is 11.6 Å². The topological polar surface area (TPSA) is 48.3 Å². The fourth-order valence-electron chi connectivity index (χ4n) is 1.86. The average molecular weight is 310 g/mol. The van der Waals surface area contributed by atoms with Gasteiger partial charge in [-0.15, -0.1) is 0 Å². The molecule has 0 amide bonds. The summed E-state index contributed by atoms with van der Waals surface area (Å²) >= 11 is 6.23. The third kappa shape index (κ3) is 5.38. The molecule has 5 nitrogen and oxygen atoms in total. The first kappa shape index (κ1) is 15.8. The minimum absolute atomic E-state index is 0.557. The molecule has 0 unspecified atom stereocenters. The molecule has 0 aliphatic heterocycles. The largest absolute Gasteiger partial charge is 0.490 e. The van der Waals surface area contributed by atoms with E-state index in [0.29, 0.717) is 24.0 Å². The Morgan fingerprint density at radius 3 is 2.95 bits per heavy atom.